The maximum Gasteiger partial charge on any atom is 0.259 e. The first-order chi connectivity index (χ1) is 16.5. The minimum Gasteiger partial charge on any atom is -0.497 e. The highest BCUT2D eigenvalue weighted by molar-refractivity contribution is 7.18. The summed E-state index contributed by atoms with van der Waals surface area (Å²) in [6.45, 7) is 0. The number of benzene rings is 3. The van der Waals surface area contributed by atoms with Crippen LogP contribution in [0, 0.1) is 0 Å². The van der Waals surface area contributed by atoms with E-state index in [0.29, 0.717) is 37.7 Å². The molecule has 8 nitrogen and oxygen atoms in total. The molecule has 4 rings (SSSR count). The van der Waals surface area contributed by atoms with Gasteiger partial charge in [-0.25, -0.2) is 0 Å². The number of nitrogens with one attached hydrogen (secondary N) is 2. The smallest absolute Gasteiger partial charge is 0.259 e. The van der Waals surface area contributed by atoms with Crippen LogP contribution in [-0.4, -0.2) is 36.2 Å². The average Bonchev–Trinajstić information content (AvgIpc) is 3.32. The van der Waals surface area contributed by atoms with Crippen LogP contribution >= 0.6 is 22.9 Å². The number of anilines is 2. The Labute approximate surface area is 204 Å². The van der Waals surface area contributed by atoms with Crippen LogP contribution in [0.2, 0.25) is 5.02 Å². The number of hydrogen-bond acceptors (Lipinski definition) is 7. The van der Waals surface area contributed by atoms with Gasteiger partial charge in [0.25, 0.3) is 11.8 Å². The topological polar surface area (TPSA) is 102 Å². The molecule has 0 bridgehead atoms. The summed E-state index contributed by atoms with van der Waals surface area (Å²) < 4.78 is 10.4. The fourth-order valence-electron chi connectivity index (χ4n) is 3.05. The van der Waals surface area contributed by atoms with Gasteiger partial charge in [0.05, 0.1) is 19.8 Å². The third-order valence-electron chi connectivity index (χ3n) is 4.79. The highest BCUT2D eigenvalue weighted by atomic mass is 35.5. The monoisotopic (exact) mass is 494 g/mol. The number of aromatic nitrogens is 2. The van der Waals surface area contributed by atoms with Crippen LogP contribution in [-0.2, 0) is 0 Å². The molecule has 1 heterocycles. The Morgan fingerprint density at radius 2 is 1.59 bits per heavy atom. The zero-order chi connectivity index (χ0) is 24.1. The summed E-state index contributed by atoms with van der Waals surface area (Å²) in [5, 5.41) is 15.1. The molecule has 0 atom stereocenters. The number of nitrogens with zero attached hydrogens (tertiary/aromatic N) is 2. The maximum absolute atomic E-state index is 12.6. The van der Waals surface area contributed by atoms with Crippen LogP contribution < -0.4 is 20.1 Å². The molecule has 0 aliphatic carbocycles. The van der Waals surface area contributed by atoms with E-state index in [1.165, 1.54) is 24.5 Å². The van der Waals surface area contributed by atoms with E-state index in [-0.39, 0.29) is 11.8 Å². The van der Waals surface area contributed by atoms with Crippen molar-refractivity contribution in [1.82, 2.24) is 10.2 Å². The van der Waals surface area contributed by atoms with Gasteiger partial charge >= 0.3 is 0 Å². The molecule has 1 aromatic heterocycles. The normalized spacial score (nSPS) is 10.4. The number of methoxy groups -OCH3 is 2. The quantitative estimate of drug-likeness (QED) is 0.357. The van der Waals surface area contributed by atoms with Gasteiger partial charge in [-0.1, -0.05) is 22.9 Å². The second-order valence-corrected chi connectivity index (χ2v) is 8.39. The molecule has 0 aliphatic rings. The molecule has 0 unspecified atom stereocenters. The third-order valence-corrected chi connectivity index (χ3v) is 5.92. The van der Waals surface area contributed by atoms with Crippen LogP contribution in [0.15, 0.2) is 66.7 Å². The maximum atomic E-state index is 12.6. The summed E-state index contributed by atoms with van der Waals surface area (Å²) in [6.07, 6.45) is 0. The number of hydrogen-bond donors (Lipinski definition) is 2. The third kappa shape index (κ3) is 5.33. The molecule has 34 heavy (non-hydrogen) atoms. The first-order valence-electron chi connectivity index (χ1n) is 10.0. The zero-order valence-electron chi connectivity index (χ0n) is 18.2. The van der Waals surface area contributed by atoms with Gasteiger partial charge in [-0.3, -0.25) is 14.9 Å². The Morgan fingerprint density at radius 3 is 2.26 bits per heavy atom. The van der Waals surface area contributed by atoms with Crippen molar-refractivity contribution in [3.05, 3.63) is 82.9 Å². The van der Waals surface area contributed by atoms with E-state index in [1.807, 2.05) is 24.3 Å². The lowest BCUT2D eigenvalue weighted by molar-refractivity contribution is 0.101. The first-order valence-corrected chi connectivity index (χ1v) is 11.2. The summed E-state index contributed by atoms with van der Waals surface area (Å²) in [4.78, 5) is 25.2. The van der Waals surface area contributed by atoms with Crippen LogP contribution in [0.25, 0.3) is 10.6 Å². The van der Waals surface area contributed by atoms with E-state index in [2.05, 4.69) is 20.8 Å². The highest BCUT2D eigenvalue weighted by Crippen LogP contribution is 2.28. The van der Waals surface area contributed by atoms with Crippen molar-refractivity contribution < 1.29 is 19.1 Å². The molecule has 0 radical (unpaired) electrons. The van der Waals surface area contributed by atoms with Crippen molar-refractivity contribution in [2.75, 3.05) is 24.9 Å². The summed E-state index contributed by atoms with van der Waals surface area (Å²) >= 11 is 7.26. The fraction of sp³-hybridized carbons (Fsp3) is 0.0833. The van der Waals surface area contributed by atoms with Crippen molar-refractivity contribution in [2.45, 2.75) is 0 Å². The summed E-state index contributed by atoms with van der Waals surface area (Å²) in [6, 6.07) is 18.7. The SMILES string of the molecule is COc1ccc(-c2nnc(NC(=O)c3ccc(NC(=O)c4cc(Cl)ccc4OC)cc3)s2)cc1. The number of rotatable bonds is 7. The second-order valence-electron chi connectivity index (χ2n) is 6.97. The van der Waals surface area contributed by atoms with E-state index < -0.39 is 0 Å². The number of carbonyl (C=O) groups is 2. The molecule has 4 aromatic rings. The molecule has 172 valence electrons. The molecule has 0 saturated heterocycles. The summed E-state index contributed by atoms with van der Waals surface area (Å²) in [5.74, 6) is 0.431. The molecule has 2 amide bonds. The average molecular weight is 495 g/mol. The van der Waals surface area contributed by atoms with Crippen molar-refractivity contribution >= 4 is 45.6 Å². The Kier molecular flexibility index (Phi) is 7.05. The van der Waals surface area contributed by atoms with Crippen molar-refractivity contribution in [1.29, 1.82) is 0 Å². The van der Waals surface area contributed by atoms with Gasteiger partial charge < -0.3 is 14.8 Å². The van der Waals surface area contributed by atoms with Gasteiger partial charge in [0, 0.05) is 21.8 Å². The predicted molar refractivity (Wildman–Crippen MR) is 132 cm³/mol. The van der Waals surface area contributed by atoms with E-state index in [9.17, 15) is 9.59 Å². The first kappa shape index (κ1) is 23.2. The van der Waals surface area contributed by atoms with Gasteiger partial charge in [0.15, 0.2) is 0 Å². The molecule has 0 fully saturated rings. The Hall–Kier alpha value is -3.95. The number of carbonyl (C=O) groups excluding carboxylic acids is 2. The van der Waals surface area contributed by atoms with Gasteiger partial charge in [-0.05, 0) is 66.7 Å². The van der Waals surface area contributed by atoms with E-state index in [1.54, 1.807) is 43.5 Å². The molecule has 10 heteroatoms. The molecule has 0 spiro atoms. The highest BCUT2D eigenvalue weighted by Gasteiger charge is 2.15. The predicted octanol–water partition coefficient (Wildman–Crippen LogP) is 5.38. The molecular weight excluding hydrogens is 476 g/mol. The molecule has 2 N–H and O–H groups in total. The molecular formula is C24H19ClN4O4S. The van der Waals surface area contributed by atoms with Crippen LogP contribution in [0.5, 0.6) is 11.5 Å². The number of amides is 2. The van der Waals surface area contributed by atoms with Crippen molar-refractivity contribution in [2.24, 2.45) is 0 Å². The number of halogens is 1. The molecule has 0 aliphatic heterocycles. The fourth-order valence-corrected chi connectivity index (χ4v) is 3.97. The molecule has 0 saturated carbocycles. The van der Waals surface area contributed by atoms with Crippen LogP contribution in [0.4, 0.5) is 10.8 Å². The van der Waals surface area contributed by atoms with Gasteiger partial charge in [0.2, 0.25) is 5.13 Å². The van der Waals surface area contributed by atoms with E-state index in [0.717, 1.165) is 11.3 Å². The Balaban J connectivity index is 1.40. The molecule has 3 aromatic carbocycles. The minimum atomic E-state index is -0.378. The minimum absolute atomic E-state index is 0.306. The number of ether oxygens (including phenoxy) is 2. The van der Waals surface area contributed by atoms with E-state index in [4.69, 9.17) is 21.1 Å². The van der Waals surface area contributed by atoms with Crippen molar-refractivity contribution in [3.63, 3.8) is 0 Å². The van der Waals surface area contributed by atoms with Crippen LogP contribution in [0.3, 0.4) is 0 Å². The van der Waals surface area contributed by atoms with Gasteiger partial charge in [0.1, 0.15) is 16.5 Å². The van der Waals surface area contributed by atoms with Gasteiger partial charge in [-0.15, -0.1) is 10.2 Å². The second kappa shape index (κ2) is 10.3. The largest absolute Gasteiger partial charge is 0.497 e. The lowest BCUT2D eigenvalue weighted by Gasteiger charge is -2.10. The van der Waals surface area contributed by atoms with Gasteiger partial charge in [-0.2, -0.15) is 0 Å². The lowest BCUT2D eigenvalue weighted by Crippen LogP contribution is -2.14. The Bertz CT molecular complexity index is 1320. The summed E-state index contributed by atoms with van der Waals surface area (Å²) in [5.41, 5.74) is 2.09. The lowest BCUT2D eigenvalue weighted by atomic mass is 10.1. The Morgan fingerprint density at radius 1 is 0.853 bits per heavy atom. The van der Waals surface area contributed by atoms with E-state index >= 15 is 0 Å². The zero-order valence-corrected chi connectivity index (χ0v) is 19.7. The standard InChI is InChI=1S/C24H19ClN4O4S/c1-32-18-10-5-15(6-11-18)23-28-29-24(34-23)27-21(30)14-3-8-17(9-4-14)26-22(31)19-13-16(25)7-12-20(19)33-2/h3-13H,1-2H3,(H,26,31)(H,27,29,30). The van der Waals surface area contributed by atoms with Crippen LogP contribution in [0.1, 0.15) is 20.7 Å². The summed E-state index contributed by atoms with van der Waals surface area (Å²) in [7, 11) is 3.08. The van der Waals surface area contributed by atoms with Crippen molar-refractivity contribution in [3.8, 4) is 22.1 Å².